The van der Waals surface area contributed by atoms with E-state index in [0.29, 0.717) is 18.6 Å². The maximum atomic E-state index is 12.5. The number of halogens is 2. The van der Waals surface area contributed by atoms with Crippen LogP contribution in [0.15, 0.2) is 61.2 Å². The number of carbonyl (C=O) groups excluding carboxylic acids is 1. The van der Waals surface area contributed by atoms with Crippen molar-refractivity contribution in [3.8, 4) is 0 Å². The van der Waals surface area contributed by atoms with Crippen LogP contribution in [0, 0.1) is 7.14 Å². The molecule has 24 heavy (non-hydrogen) atoms. The van der Waals surface area contributed by atoms with Crippen LogP contribution < -0.4 is 0 Å². The molecule has 0 unspecified atom stereocenters. The van der Waals surface area contributed by atoms with E-state index in [1.165, 1.54) is 18.3 Å². The van der Waals surface area contributed by atoms with Gasteiger partial charge in [0.2, 0.25) is 0 Å². The number of hydrogen-bond donors (Lipinski definition) is 0. The molecule has 4 heteroatoms. The Labute approximate surface area is 170 Å². The van der Waals surface area contributed by atoms with Crippen molar-refractivity contribution in [1.82, 2.24) is 4.90 Å². The van der Waals surface area contributed by atoms with Gasteiger partial charge < -0.3 is 0 Å². The number of nitrogens with zero attached hydrogens (tertiary/aromatic N) is 1. The van der Waals surface area contributed by atoms with Crippen molar-refractivity contribution in [2.75, 3.05) is 6.54 Å². The minimum atomic E-state index is 0.110. The lowest BCUT2D eigenvalue weighted by Crippen LogP contribution is -2.40. The minimum Gasteiger partial charge on any atom is -0.300 e. The van der Waals surface area contributed by atoms with Crippen molar-refractivity contribution >= 4 is 51.0 Å². The average Bonchev–Trinajstić information content (AvgIpc) is 2.57. The maximum absolute atomic E-state index is 12.5. The first-order valence-corrected chi connectivity index (χ1v) is 10.1. The Bertz CT molecular complexity index is 701. The van der Waals surface area contributed by atoms with E-state index in [-0.39, 0.29) is 12.1 Å². The lowest BCUT2D eigenvalue weighted by Gasteiger charge is -2.42. The van der Waals surface area contributed by atoms with E-state index in [0.717, 1.165) is 6.54 Å². The molecule has 0 spiro atoms. The number of piperidine rings is 1. The summed E-state index contributed by atoms with van der Waals surface area (Å²) >= 11 is 4.74. The molecule has 2 nitrogen and oxygen atoms in total. The third kappa shape index (κ3) is 3.75. The van der Waals surface area contributed by atoms with Gasteiger partial charge in [-0.05, 0) is 68.4 Å². The predicted octanol–water partition coefficient (Wildman–Crippen LogP) is 5.53. The smallest absolute Gasteiger partial charge is 0.136 e. The van der Waals surface area contributed by atoms with Crippen molar-refractivity contribution in [1.29, 1.82) is 0 Å². The molecule has 1 heterocycles. The first-order valence-electron chi connectivity index (χ1n) is 7.99. The SMILES string of the molecule is C=CCN1[C@@H](c2ccccc2I)CC(=O)C[C@H]1c1ccccc1I. The maximum Gasteiger partial charge on any atom is 0.136 e. The van der Waals surface area contributed by atoms with Gasteiger partial charge in [-0.1, -0.05) is 42.5 Å². The number of likely N-dealkylation sites (tertiary alicyclic amines) is 1. The highest BCUT2D eigenvalue weighted by Crippen LogP contribution is 2.42. The Balaban J connectivity index is 2.06. The fourth-order valence-corrected chi connectivity index (χ4v) is 4.93. The number of Topliss-reactive ketones (excluding diaryl/α,β-unsaturated/α-hetero) is 1. The molecule has 0 saturated carbocycles. The summed E-state index contributed by atoms with van der Waals surface area (Å²) in [6.45, 7) is 4.72. The van der Waals surface area contributed by atoms with E-state index >= 15 is 0 Å². The third-order valence-corrected chi connectivity index (χ3v) is 6.48. The van der Waals surface area contributed by atoms with Crippen molar-refractivity contribution in [3.05, 3.63) is 79.5 Å². The minimum absolute atomic E-state index is 0.110. The zero-order chi connectivity index (χ0) is 17.1. The van der Waals surface area contributed by atoms with Gasteiger partial charge in [-0.3, -0.25) is 9.69 Å². The van der Waals surface area contributed by atoms with Crippen molar-refractivity contribution < 1.29 is 4.79 Å². The molecule has 1 saturated heterocycles. The topological polar surface area (TPSA) is 20.3 Å². The Hall–Kier alpha value is -0.730. The largest absolute Gasteiger partial charge is 0.300 e. The molecule has 1 aliphatic heterocycles. The van der Waals surface area contributed by atoms with Crippen LogP contribution in [-0.4, -0.2) is 17.2 Å². The molecule has 124 valence electrons. The van der Waals surface area contributed by atoms with Gasteiger partial charge in [-0.2, -0.15) is 0 Å². The lowest BCUT2D eigenvalue weighted by atomic mass is 9.87. The molecular formula is C20H19I2NO. The Kier molecular flexibility index (Phi) is 6.10. The van der Waals surface area contributed by atoms with Crippen molar-refractivity contribution in [2.45, 2.75) is 24.9 Å². The summed E-state index contributed by atoms with van der Waals surface area (Å²) in [7, 11) is 0. The molecule has 0 aromatic heterocycles. The molecule has 0 aliphatic carbocycles. The fraction of sp³-hybridized carbons (Fsp3) is 0.250. The summed E-state index contributed by atoms with van der Waals surface area (Å²) in [4.78, 5) is 15.0. The van der Waals surface area contributed by atoms with Gasteiger partial charge >= 0.3 is 0 Å². The van der Waals surface area contributed by atoms with Gasteiger partial charge in [0.05, 0.1) is 0 Å². The standard InChI is InChI=1S/C20H19I2NO/c1-2-11-23-19(15-7-3-5-9-17(15)21)12-14(24)13-20(23)16-8-4-6-10-18(16)22/h2-10,19-20H,1,11-13H2/t19-,20+. The molecule has 1 aliphatic rings. The number of ketones is 1. The van der Waals surface area contributed by atoms with Gasteiger partial charge in [0.1, 0.15) is 5.78 Å². The number of rotatable bonds is 4. The van der Waals surface area contributed by atoms with Crippen LogP contribution in [0.25, 0.3) is 0 Å². The first kappa shape index (κ1) is 18.1. The summed E-state index contributed by atoms with van der Waals surface area (Å²) in [6.07, 6.45) is 3.10. The highest BCUT2D eigenvalue weighted by Gasteiger charge is 2.37. The Morgan fingerprint density at radius 1 is 0.958 bits per heavy atom. The van der Waals surface area contributed by atoms with Gasteiger partial charge in [0.15, 0.2) is 0 Å². The molecule has 2 aromatic rings. The summed E-state index contributed by atoms with van der Waals surface area (Å²) < 4.78 is 2.43. The summed E-state index contributed by atoms with van der Waals surface area (Å²) in [5.41, 5.74) is 2.48. The van der Waals surface area contributed by atoms with Crippen LogP contribution >= 0.6 is 45.2 Å². The van der Waals surface area contributed by atoms with E-state index in [4.69, 9.17) is 0 Å². The number of carbonyl (C=O) groups is 1. The fourth-order valence-electron chi connectivity index (χ4n) is 3.44. The van der Waals surface area contributed by atoms with Gasteiger partial charge in [0, 0.05) is 38.6 Å². The molecule has 1 fully saturated rings. The van der Waals surface area contributed by atoms with E-state index in [9.17, 15) is 4.79 Å². The van der Waals surface area contributed by atoms with E-state index in [1.54, 1.807) is 0 Å². The zero-order valence-electron chi connectivity index (χ0n) is 13.3. The number of hydrogen-bond acceptors (Lipinski definition) is 2. The molecule has 3 rings (SSSR count). The Morgan fingerprint density at radius 2 is 1.42 bits per heavy atom. The summed E-state index contributed by atoms with van der Waals surface area (Å²) in [6, 6.07) is 17.0. The molecule has 0 radical (unpaired) electrons. The highest BCUT2D eigenvalue weighted by atomic mass is 127. The molecule has 0 amide bonds. The lowest BCUT2D eigenvalue weighted by molar-refractivity contribution is -0.125. The van der Waals surface area contributed by atoms with Gasteiger partial charge in [-0.25, -0.2) is 0 Å². The first-order chi connectivity index (χ1) is 11.6. The second-order valence-electron chi connectivity index (χ2n) is 6.01. The second-order valence-corrected chi connectivity index (χ2v) is 8.33. The zero-order valence-corrected chi connectivity index (χ0v) is 17.6. The molecular weight excluding hydrogens is 524 g/mol. The second kappa shape index (κ2) is 8.10. The molecule has 2 atom stereocenters. The van der Waals surface area contributed by atoms with Crippen LogP contribution in [0.5, 0.6) is 0 Å². The number of benzene rings is 2. The summed E-state index contributed by atoms with van der Waals surface area (Å²) in [5, 5.41) is 0. The van der Waals surface area contributed by atoms with Crippen LogP contribution in [0.2, 0.25) is 0 Å². The van der Waals surface area contributed by atoms with Gasteiger partial charge in [-0.15, -0.1) is 6.58 Å². The normalized spacial score (nSPS) is 21.7. The average molecular weight is 543 g/mol. The van der Waals surface area contributed by atoms with E-state index in [2.05, 4.69) is 93.1 Å². The van der Waals surface area contributed by atoms with Crippen molar-refractivity contribution in [2.24, 2.45) is 0 Å². The van der Waals surface area contributed by atoms with Crippen LogP contribution in [0.1, 0.15) is 36.1 Å². The van der Waals surface area contributed by atoms with Crippen LogP contribution in [-0.2, 0) is 4.79 Å². The van der Waals surface area contributed by atoms with Crippen molar-refractivity contribution in [3.63, 3.8) is 0 Å². The predicted molar refractivity (Wildman–Crippen MR) is 115 cm³/mol. The molecule has 0 bridgehead atoms. The third-order valence-electron chi connectivity index (χ3n) is 4.51. The van der Waals surface area contributed by atoms with Crippen LogP contribution in [0.4, 0.5) is 0 Å². The van der Waals surface area contributed by atoms with E-state index < -0.39 is 0 Å². The van der Waals surface area contributed by atoms with Crippen LogP contribution in [0.3, 0.4) is 0 Å². The monoisotopic (exact) mass is 543 g/mol. The summed E-state index contributed by atoms with van der Waals surface area (Å²) in [5.74, 6) is 0.338. The van der Waals surface area contributed by atoms with E-state index in [1.807, 2.05) is 18.2 Å². The Morgan fingerprint density at radius 3 is 1.83 bits per heavy atom. The molecule has 2 aromatic carbocycles. The van der Waals surface area contributed by atoms with Gasteiger partial charge in [0.25, 0.3) is 0 Å². The highest BCUT2D eigenvalue weighted by molar-refractivity contribution is 14.1. The molecule has 0 N–H and O–H groups in total. The quantitative estimate of drug-likeness (QED) is 0.374.